The van der Waals surface area contributed by atoms with Gasteiger partial charge in [0, 0.05) is 19.3 Å². The first kappa shape index (κ1) is 73.8. The smallest absolute Gasteiger partial charge is 0.306 e. The fourth-order valence-electron chi connectivity index (χ4n) is 9.59. The highest BCUT2D eigenvalue weighted by Crippen LogP contribution is 2.17. The normalized spacial score (nSPS) is 12.5. The average molecular weight is 1080 g/mol. The summed E-state index contributed by atoms with van der Waals surface area (Å²) in [6.45, 7) is 6.62. The van der Waals surface area contributed by atoms with Gasteiger partial charge in [-0.1, -0.05) is 280 Å². The molecule has 0 spiro atoms. The molecular formula is C71H126O6. The molecule has 0 amide bonds. The summed E-state index contributed by atoms with van der Waals surface area (Å²) in [5, 5.41) is 0. The third-order valence-electron chi connectivity index (χ3n) is 14.7. The molecular weight excluding hydrogens is 949 g/mol. The Balaban J connectivity index is 4.38. The van der Waals surface area contributed by atoms with E-state index in [4.69, 9.17) is 14.2 Å². The third-order valence-corrected chi connectivity index (χ3v) is 14.7. The van der Waals surface area contributed by atoms with Gasteiger partial charge in [-0.05, 0) is 116 Å². The molecule has 0 aliphatic rings. The first-order valence-electron chi connectivity index (χ1n) is 33.4. The molecule has 6 heteroatoms. The third kappa shape index (κ3) is 63.6. The summed E-state index contributed by atoms with van der Waals surface area (Å²) >= 11 is 0. The van der Waals surface area contributed by atoms with Gasteiger partial charge in [0.25, 0.3) is 0 Å². The minimum atomic E-state index is -0.783. The van der Waals surface area contributed by atoms with E-state index in [1.54, 1.807) is 0 Å². The molecule has 0 rings (SSSR count). The Hall–Kier alpha value is -3.15. The Kier molecular flexibility index (Phi) is 62.7. The second-order valence-electron chi connectivity index (χ2n) is 22.4. The second kappa shape index (κ2) is 65.4. The van der Waals surface area contributed by atoms with Crippen LogP contribution in [0.15, 0.2) is 72.9 Å². The van der Waals surface area contributed by atoms with Crippen molar-refractivity contribution in [2.24, 2.45) is 0 Å². The van der Waals surface area contributed by atoms with E-state index in [9.17, 15) is 14.4 Å². The van der Waals surface area contributed by atoms with Crippen LogP contribution in [0, 0.1) is 0 Å². The predicted octanol–water partition coefficient (Wildman–Crippen LogP) is 22.9. The Morgan fingerprint density at radius 1 is 0.260 bits per heavy atom. The Bertz CT molecular complexity index is 1420. The zero-order valence-corrected chi connectivity index (χ0v) is 51.2. The molecule has 0 saturated carbocycles. The highest BCUT2D eigenvalue weighted by Gasteiger charge is 2.19. The number of allylic oxidation sites excluding steroid dienone is 12. The van der Waals surface area contributed by atoms with Crippen LogP contribution in [0.1, 0.15) is 342 Å². The van der Waals surface area contributed by atoms with Crippen LogP contribution in [-0.2, 0) is 28.6 Å². The monoisotopic (exact) mass is 1070 g/mol. The fraction of sp³-hybridized carbons (Fsp3) is 0.789. The summed E-state index contributed by atoms with van der Waals surface area (Å²) in [7, 11) is 0. The molecule has 0 aromatic heterocycles. The van der Waals surface area contributed by atoms with Crippen molar-refractivity contribution >= 4 is 17.9 Å². The lowest BCUT2D eigenvalue weighted by Gasteiger charge is -2.18. The van der Waals surface area contributed by atoms with Crippen molar-refractivity contribution in [3.63, 3.8) is 0 Å². The summed E-state index contributed by atoms with van der Waals surface area (Å²) in [6.07, 6.45) is 84.7. The minimum Gasteiger partial charge on any atom is -0.462 e. The average Bonchev–Trinajstić information content (AvgIpc) is 3.43. The van der Waals surface area contributed by atoms with Crippen molar-refractivity contribution in [3.05, 3.63) is 72.9 Å². The van der Waals surface area contributed by atoms with Crippen LogP contribution < -0.4 is 0 Å². The van der Waals surface area contributed by atoms with Crippen LogP contribution in [0.5, 0.6) is 0 Å². The first-order chi connectivity index (χ1) is 38.0. The number of hydrogen-bond donors (Lipinski definition) is 0. The molecule has 1 atom stereocenters. The SMILES string of the molecule is CCCCC/C=C\C/C=C\CCCCCCCCCCCC(=O)OCC(COC(=O)CCCCCCCCCCC/C=C\C/C=C\CCCCCCC)OC(=O)CCCCCCCCCCC/C=C\C/C=C\CCCCC. The van der Waals surface area contributed by atoms with Gasteiger partial charge in [-0.25, -0.2) is 0 Å². The molecule has 0 aromatic rings. The number of esters is 3. The Morgan fingerprint density at radius 3 is 0.740 bits per heavy atom. The number of ether oxygens (including phenoxy) is 3. The van der Waals surface area contributed by atoms with Gasteiger partial charge in [0.1, 0.15) is 13.2 Å². The van der Waals surface area contributed by atoms with E-state index >= 15 is 0 Å². The first-order valence-corrected chi connectivity index (χ1v) is 33.4. The van der Waals surface area contributed by atoms with Crippen LogP contribution in [0.3, 0.4) is 0 Å². The molecule has 0 saturated heterocycles. The molecule has 0 fully saturated rings. The standard InChI is InChI=1S/C71H126O6/c1-4-7-10-13-16-19-22-25-28-31-34-35-38-40-43-46-49-52-55-58-61-64-70(73)76-67-68(77-71(74)65-62-59-56-53-50-47-44-41-37-33-30-27-24-21-18-15-12-9-6-3)66-75-69(72)63-60-57-54-51-48-45-42-39-36-32-29-26-23-20-17-14-11-8-5-2/h17-18,20-22,25-27,29-31,34,68H,4-16,19,23-24,28,32-33,35-67H2,1-3H3/b20-17-,21-18-,25-22-,29-26-,30-27-,34-31-. The van der Waals surface area contributed by atoms with E-state index in [1.807, 2.05) is 0 Å². The lowest BCUT2D eigenvalue weighted by atomic mass is 10.1. The van der Waals surface area contributed by atoms with Crippen molar-refractivity contribution in [2.75, 3.05) is 13.2 Å². The Labute approximate surface area is 478 Å². The van der Waals surface area contributed by atoms with Crippen molar-refractivity contribution < 1.29 is 28.6 Å². The Morgan fingerprint density at radius 2 is 0.468 bits per heavy atom. The summed E-state index contributed by atoms with van der Waals surface area (Å²) in [6, 6.07) is 0. The molecule has 446 valence electrons. The zero-order valence-electron chi connectivity index (χ0n) is 51.2. The van der Waals surface area contributed by atoms with Crippen LogP contribution in [-0.4, -0.2) is 37.2 Å². The van der Waals surface area contributed by atoms with Crippen LogP contribution in [0.4, 0.5) is 0 Å². The van der Waals surface area contributed by atoms with E-state index < -0.39 is 6.10 Å². The van der Waals surface area contributed by atoms with Gasteiger partial charge < -0.3 is 14.2 Å². The van der Waals surface area contributed by atoms with Crippen LogP contribution in [0.2, 0.25) is 0 Å². The fourth-order valence-corrected chi connectivity index (χ4v) is 9.59. The molecule has 0 aliphatic heterocycles. The number of carbonyl (C=O) groups is 3. The van der Waals surface area contributed by atoms with Crippen molar-refractivity contribution in [3.8, 4) is 0 Å². The van der Waals surface area contributed by atoms with E-state index in [0.717, 1.165) is 77.0 Å². The lowest BCUT2D eigenvalue weighted by Crippen LogP contribution is -2.30. The molecule has 0 aliphatic carbocycles. The van der Waals surface area contributed by atoms with Crippen molar-refractivity contribution in [2.45, 2.75) is 348 Å². The maximum atomic E-state index is 12.9. The molecule has 6 nitrogen and oxygen atoms in total. The van der Waals surface area contributed by atoms with Crippen molar-refractivity contribution in [1.82, 2.24) is 0 Å². The van der Waals surface area contributed by atoms with Gasteiger partial charge in [0.05, 0.1) is 0 Å². The molecule has 77 heavy (non-hydrogen) atoms. The van der Waals surface area contributed by atoms with Crippen LogP contribution in [0.25, 0.3) is 0 Å². The summed E-state index contributed by atoms with van der Waals surface area (Å²) in [4.78, 5) is 38.4. The quantitative estimate of drug-likeness (QED) is 0.0261. The summed E-state index contributed by atoms with van der Waals surface area (Å²) in [5.41, 5.74) is 0. The summed E-state index contributed by atoms with van der Waals surface area (Å²) < 4.78 is 17.0. The van der Waals surface area contributed by atoms with Gasteiger partial charge in [0.15, 0.2) is 6.10 Å². The van der Waals surface area contributed by atoms with Crippen molar-refractivity contribution in [1.29, 1.82) is 0 Å². The van der Waals surface area contributed by atoms with Crippen LogP contribution >= 0.6 is 0 Å². The molecule has 0 heterocycles. The number of hydrogen-bond acceptors (Lipinski definition) is 6. The van der Waals surface area contributed by atoms with Gasteiger partial charge in [-0.2, -0.15) is 0 Å². The topological polar surface area (TPSA) is 78.9 Å². The highest BCUT2D eigenvalue weighted by atomic mass is 16.6. The maximum absolute atomic E-state index is 12.9. The molecule has 0 radical (unpaired) electrons. The van der Waals surface area contributed by atoms with E-state index in [2.05, 4.69) is 93.7 Å². The van der Waals surface area contributed by atoms with Gasteiger partial charge in [-0.3, -0.25) is 14.4 Å². The van der Waals surface area contributed by atoms with Gasteiger partial charge in [0.2, 0.25) is 0 Å². The molecule has 0 aromatic carbocycles. The number of carbonyl (C=O) groups excluding carboxylic acids is 3. The summed E-state index contributed by atoms with van der Waals surface area (Å²) in [5.74, 6) is -0.874. The number of unbranched alkanes of at least 4 members (excludes halogenated alkanes) is 38. The number of rotatable bonds is 61. The predicted molar refractivity (Wildman–Crippen MR) is 335 cm³/mol. The highest BCUT2D eigenvalue weighted by molar-refractivity contribution is 5.71. The lowest BCUT2D eigenvalue weighted by molar-refractivity contribution is -0.167. The van der Waals surface area contributed by atoms with E-state index in [0.29, 0.717) is 19.3 Å². The van der Waals surface area contributed by atoms with Gasteiger partial charge >= 0.3 is 17.9 Å². The largest absolute Gasteiger partial charge is 0.462 e. The minimum absolute atomic E-state index is 0.0790. The van der Waals surface area contributed by atoms with E-state index in [1.165, 1.54) is 225 Å². The maximum Gasteiger partial charge on any atom is 0.306 e. The molecule has 0 bridgehead atoms. The molecule has 0 N–H and O–H groups in total. The second-order valence-corrected chi connectivity index (χ2v) is 22.4. The van der Waals surface area contributed by atoms with E-state index in [-0.39, 0.29) is 31.1 Å². The van der Waals surface area contributed by atoms with Gasteiger partial charge in [-0.15, -0.1) is 0 Å². The molecule has 1 unspecified atom stereocenters. The zero-order chi connectivity index (χ0) is 55.7.